The van der Waals surface area contributed by atoms with Crippen LogP contribution in [0.1, 0.15) is 18.4 Å². The zero-order chi connectivity index (χ0) is 21.4. The number of benzene rings is 1. The van der Waals surface area contributed by atoms with Crippen molar-refractivity contribution < 1.29 is 23.7 Å². The number of nitrogens with one attached hydrogen (secondary N) is 1. The quantitative estimate of drug-likeness (QED) is 0.649. The standard InChI is InChI=1S/C22H20N4O5/c1-28-19-15(11-24-21(26-19)29-2)13-3-6-18(23-10-13)25-20(27)22(7-8-22)14-4-5-16-17(9-14)31-12-30-16/h3-6,9-11H,7-8,12H2,1-2H3,(H,23,25,27). The predicted molar refractivity (Wildman–Crippen MR) is 110 cm³/mol. The van der Waals surface area contributed by atoms with E-state index in [1.54, 1.807) is 18.5 Å². The summed E-state index contributed by atoms with van der Waals surface area (Å²) in [6.07, 6.45) is 4.80. The number of aromatic nitrogens is 3. The lowest BCUT2D eigenvalue weighted by atomic mass is 9.94. The molecule has 0 atom stereocenters. The molecular formula is C22H20N4O5. The minimum absolute atomic E-state index is 0.0861. The Kier molecular flexibility index (Phi) is 4.58. The SMILES string of the molecule is COc1ncc(-c2ccc(NC(=O)C3(c4ccc5c(c4)OCO5)CC3)nc2)c(OC)n1. The van der Waals surface area contributed by atoms with Gasteiger partial charge in [0.2, 0.25) is 18.6 Å². The van der Waals surface area contributed by atoms with E-state index < -0.39 is 5.41 Å². The number of rotatable bonds is 6. The van der Waals surface area contributed by atoms with E-state index in [9.17, 15) is 4.79 Å². The van der Waals surface area contributed by atoms with Crippen molar-refractivity contribution in [2.45, 2.75) is 18.3 Å². The van der Waals surface area contributed by atoms with E-state index in [4.69, 9.17) is 18.9 Å². The minimum atomic E-state index is -0.561. The number of carbonyl (C=O) groups excluding carboxylic acids is 1. The van der Waals surface area contributed by atoms with E-state index in [-0.39, 0.29) is 18.7 Å². The summed E-state index contributed by atoms with van der Waals surface area (Å²) in [5.41, 5.74) is 1.79. The van der Waals surface area contributed by atoms with Crippen LogP contribution in [0.15, 0.2) is 42.7 Å². The van der Waals surface area contributed by atoms with Crippen molar-refractivity contribution >= 4 is 11.7 Å². The van der Waals surface area contributed by atoms with Crippen LogP contribution in [0.2, 0.25) is 0 Å². The van der Waals surface area contributed by atoms with Crippen LogP contribution in [0.5, 0.6) is 23.4 Å². The van der Waals surface area contributed by atoms with Crippen molar-refractivity contribution in [1.82, 2.24) is 15.0 Å². The molecule has 9 heteroatoms. The summed E-state index contributed by atoms with van der Waals surface area (Å²) in [6.45, 7) is 0.207. The third-order valence-corrected chi connectivity index (χ3v) is 5.53. The number of nitrogens with zero attached hydrogens (tertiary/aromatic N) is 3. The van der Waals surface area contributed by atoms with Crippen molar-refractivity contribution in [2.75, 3.05) is 26.3 Å². The molecule has 0 radical (unpaired) electrons. The van der Waals surface area contributed by atoms with Crippen molar-refractivity contribution in [1.29, 1.82) is 0 Å². The van der Waals surface area contributed by atoms with Gasteiger partial charge in [-0.3, -0.25) is 4.79 Å². The third kappa shape index (κ3) is 3.37. The Hall–Kier alpha value is -3.88. The normalized spacial score (nSPS) is 15.3. The largest absolute Gasteiger partial charge is 0.480 e. The number of carbonyl (C=O) groups is 1. The molecule has 3 aromatic rings. The molecule has 1 N–H and O–H groups in total. The fourth-order valence-electron chi connectivity index (χ4n) is 3.63. The Bertz CT molecular complexity index is 1150. The number of hydrogen-bond acceptors (Lipinski definition) is 8. The van der Waals surface area contributed by atoms with Crippen molar-refractivity contribution in [2.24, 2.45) is 0 Å². The maximum atomic E-state index is 13.0. The highest BCUT2D eigenvalue weighted by atomic mass is 16.7. The van der Waals surface area contributed by atoms with Crippen LogP contribution in [0.4, 0.5) is 5.82 Å². The molecule has 0 saturated heterocycles. The molecule has 1 fully saturated rings. The lowest BCUT2D eigenvalue weighted by Crippen LogP contribution is -2.28. The van der Waals surface area contributed by atoms with Gasteiger partial charge in [-0.1, -0.05) is 6.07 Å². The van der Waals surface area contributed by atoms with E-state index in [0.717, 1.165) is 24.0 Å². The maximum absolute atomic E-state index is 13.0. The molecule has 1 saturated carbocycles. The minimum Gasteiger partial charge on any atom is -0.480 e. The van der Waals surface area contributed by atoms with Gasteiger partial charge in [-0.2, -0.15) is 4.98 Å². The Balaban J connectivity index is 1.34. The lowest BCUT2D eigenvalue weighted by molar-refractivity contribution is -0.118. The highest BCUT2D eigenvalue weighted by molar-refractivity contribution is 6.01. The first-order valence-corrected chi connectivity index (χ1v) is 9.76. The summed E-state index contributed by atoms with van der Waals surface area (Å²) in [4.78, 5) is 25.7. The van der Waals surface area contributed by atoms with Crippen molar-refractivity contribution in [3.05, 3.63) is 48.3 Å². The van der Waals surface area contributed by atoms with Crippen LogP contribution in [0.25, 0.3) is 11.1 Å². The van der Waals surface area contributed by atoms with Gasteiger partial charge < -0.3 is 24.3 Å². The second kappa shape index (κ2) is 7.42. The Morgan fingerprint density at radius 1 is 1.03 bits per heavy atom. The van der Waals surface area contributed by atoms with E-state index >= 15 is 0 Å². The topological polar surface area (TPSA) is 105 Å². The Morgan fingerprint density at radius 3 is 2.58 bits per heavy atom. The fraction of sp³-hybridized carbons (Fsp3) is 0.273. The Morgan fingerprint density at radius 2 is 1.87 bits per heavy atom. The molecule has 31 heavy (non-hydrogen) atoms. The second-order valence-electron chi connectivity index (χ2n) is 7.32. The van der Waals surface area contributed by atoms with Gasteiger partial charge in [-0.25, -0.2) is 9.97 Å². The molecule has 1 amide bonds. The van der Waals surface area contributed by atoms with Gasteiger partial charge in [0.25, 0.3) is 0 Å². The summed E-state index contributed by atoms with van der Waals surface area (Å²) in [5.74, 6) is 2.14. The summed E-state index contributed by atoms with van der Waals surface area (Å²) in [6, 6.07) is 9.45. The molecule has 1 aliphatic carbocycles. The molecule has 5 rings (SSSR count). The third-order valence-electron chi connectivity index (χ3n) is 5.53. The number of fused-ring (bicyclic) bond motifs is 1. The maximum Gasteiger partial charge on any atom is 0.319 e. The molecule has 1 aromatic carbocycles. The second-order valence-corrected chi connectivity index (χ2v) is 7.32. The number of anilines is 1. The molecule has 2 aromatic heterocycles. The molecule has 158 valence electrons. The lowest BCUT2D eigenvalue weighted by Gasteiger charge is -2.16. The highest BCUT2D eigenvalue weighted by Crippen LogP contribution is 2.51. The van der Waals surface area contributed by atoms with Crippen LogP contribution in [-0.2, 0) is 10.2 Å². The van der Waals surface area contributed by atoms with Gasteiger partial charge in [-0.05, 0) is 42.7 Å². The first-order chi connectivity index (χ1) is 15.1. The van der Waals surface area contributed by atoms with Crippen LogP contribution in [0.3, 0.4) is 0 Å². The average molecular weight is 420 g/mol. The summed E-state index contributed by atoms with van der Waals surface area (Å²) < 4.78 is 21.2. The molecule has 0 spiro atoms. The molecule has 0 unspecified atom stereocenters. The predicted octanol–water partition coefficient (Wildman–Crippen LogP) is 2.95. The monoisotopic (exact) mass is 420 g/mol. The summed E-state index contributed by atoms with van der Waals surface area (Å²) in [5, 5.41) is 2.93. The fourth-order valence-corrected chi connectivity index (χ4v) is 3.63. The first-order valence-electron chi connectivity index (χ1n) is 9.76. The zero-order valence-electron chi connectivity index (χ0n) is 17.0. The van der Waals surface area contributed by atoms with E-state index in [0.29, 0.717) is 28.8 Å². The number of methoxy groups -OCH3 is 2. The van der Waals surface area contributed by atoms with Crippen LogP contribution in [0, 0.1) is 0 Å². The average Bonchev–Trinajstić information content (AvgIpc) is 3.50. The number of amides is 1. The van der Waals surface area contributed by atoms with Gasteiger partial charge in [0.1, 0.15) is 5.82 Å². The molecular weight excluding hydrogens is 400 g/mol. The van der Waals surface area contributed by atoms with Crippen molar-refractivity contribution in [3.8, 4) is 34.5 Å². The zero-order valence-corrected chi connectivity index (χ0v) is 17.0. The van der Waals surface area contributed by atoms with Crippen LogP contribution < -0.4 is 24.3 Å². The van der Waals surface area contributed by atoms with E-state index in [1.807, 2.05) is 24.3 Å². The number of ether oxygens (including phenoxy) is 4. The van der Waals surface area contributed by atoms with E-state index in [1.165, 1.54) is 14.2 Å². The number of hydrogen-bond donors (Lipinski definition) is 1. The van der Waals surface area contributed by atoms with Crippen LogP contribution >= 0.6 is 0 Å². The summed E-state index contributed by atoms with van der Waals surface area (Å²) >= 11 is 0. The van der Waals surface area contributed by atoms with Crippen molar-refractivity contribution in [3.63, 3.8) is 0 Å². The summed E-state index contributed by atoms with van der Waals surface area (Å²) in [7, 11) is 3.02. The van der Waals surface area contributed by atoms with Gasteiger partial charge in [0, 0.05) is 18.0 Å². The Labute approximate surface area is 178 Å². The van der Waals surface area contributed by atoms with Gasteiger partial charge >= 0.3 is 6.01 Å². The van der Waals surface area contributed by atoms with Crippen LogP contribution in [-0.4, -0.2) is 41.9 Å². The first kappa shape index (κ1) is 19.1. The molecule has 1 aliphatic heterocycles. The smallest absolute Gasteiger partial charge is 0.319 e. The van der Waals surface area contributed by atoms with Gasteiger partial charge in [0.15, 0.2) is 11.5 Å². The van der Waals surface area contributed by atoms with Gasteiger partial charge in [-0.15, -0.1) is 0 Å². The molecule has 2 aliphatic rings. The molecule has 3 heterocycles. The van der Waals surface area contributed by atoms with Gasteiger partial charge in [0.05, 0.1) is 25.2 Å². The van der Waals surface area contributed by atoms with E-state index in [2.05, 4.69) is 20.3 Å². The number of pyridine rings is 1. The highest BCUT2D eigenvalue weighted by Gasteiger charge is 2.51. The molecule has 0 bridgehead atoms. The molecule has 9 nitrogen and oxygen atoms in total.